The molecular formula is C7H7NOS. The SMILES string of the molecule is C1=NOC(c2ccsc2)C1. The maximum atomic E-state index is 5.07. The Morgan fingerprint density at radius 2 is 2.70 bits per heavy atom. The van der Waals surface area contributed by atoms with E-state index in [1.165, 1.54) is 5.56 Å². The minimum atomic E-state index is 0.186. The van der Waals surface area contributed by atoms with Gasteiger partial charge in [0.25, 0.3) is 0 Å². The lowest BCUT2D eigenvalue weighted by atomic mass is 10.1. The van der Waals surface area contributed by atoms with Gasteiger partial charge in [-0.15, -0.1) is 0 Å². The molecule has 0 spiro atoms. The summed E-state index contributed by atoms with van der Waals surface area (Å²) in [4.78, 5) is 5.07. The molecule has 2 heterocycles. The van der Waals surface area contributed by atoms with E-state index in [1.54, 1.807) is 11.3 Å². The molecule has 1 atom stereocenters. The van der Waals surface area contributed by atoms with Gasteiger partial charge in [-0.25, -0.2) is 0 Å². The third kappa shape index (κ3) is 0.926. The maximum Gasteiger partial charge on any atom is 0.158 e. The third-order valence-electron chi connectivity index (χ3n) is 1.50. The van der Waals surface area contributed by atoms with Crippen LogP contribution >= 0.6 is 11.3 Å². The topological polar surface area (TPSA) is 21.6 Å². The molecule has 0 saturated carbocycles. The number of hydrogen-bond donors (Lipinski definition) is 0. The van der Waals surface area contributed by atoms with Gasteiger partial charge in [0, 0.05) is 18.2 Å². The summed E-state index contributed by atoms with van der Waals surface area (Å²) in [6.45, 7) is 0. The minimum absolute atomic E-state index is 0.186. The maximum absolute atomic E-state index is 5.07. The highest BCUT2D eigenvalue weighted by Gasteiger charge is 2.15. The first-order valence-corrected chi connectivity index (χ1v) is 4.11. The van der Waals surface area contributed by atoms with Crippen molar-refractivity contribution in [3.05, 3.63) is 22.4 Å². The summed E-state index contributed by atoms with van der Waals surface area (Å²) in [5, 5.41) is 7.85. The molecule has 52 valence electrons. The molecule has 0 aromatic carbocycles. The predicted octanol–water partition coefficient (Wildman–Crippen LogP) is 2.20. The van der Waals surface area contributed by atoms with Gasteiger partial charge in [-0.05, 0) is 16.8 Å². The molecule has 1 aliphatic heterocycles. The lowest BCUT2D eigenvalue weighted by Crippen LogP contribution is -1.91. The number of oxime groups is 1. The zero-order valence-corrected chi connectivity index (χ0v) is 6.17. The number of thiophene rings is 1. The van der Waals surface area contributed by atoms with Crippen molar-refractivity contribution in [2.45, 2.75) is 12.5 Å². The fourth-order valence-corrected chi connectivity index (χ4v) is 1.66. The average Bonchev–Trinajstić information content (AvgIpc) is 2.59. The van der Waals surface area contributed by atoms with Crippen molar-refractivity contribution in [2.24, 2.45) is 5.16 Å². The summed E-state index contributed by atoms with van der Waals surface area (Å²) in [7, 11) is 0. The highest BCUT2D eigenvalue weighted by atomic mass is 32.1. The average molecular weight is 153 g/mol. The van der Waals surface area contributed by atoms with Crippen molar-refractivity contribution in [2.75, 3.05) is 0 Å². The van der Waals surface area contributed by atoms with Gasteiger partial charge >= 0.3 is 0 Å². The van der Waals surface area contributed by atoms with Gasteiger partial charge in [-0.1, -0.05) is 5.16 Å². The molecule has 0 aliphatic carbocycles. The summed E-state index contributed by atoms with van der Waals surface area (Å²) in [6.07, 6.45) is 2.91. The van der Waals surface area contributed by atoms with Crippen LogP contribution in [0.1, 0.15) is 18.1 Å². The summed E-state index contributed by atoms with van der Waals surface area (Å²) in [5.41, 5.74) is 1.24. The van der Waals surface area contributed by atoms with Crippen LogP contribution in [-0.2, 0) is 4.84 Å². The molecule has 2 nitrogen and oxygen atoms in total. The molecule has 0 fully saturated rings. The predicted molar refractivity (Wildman–Crippen MR) is 41.3 cm³/mol. The molecule has 0 bridgehead atoms. The van der Waals surface area contributed by atoms with Gasteiger partial charge in [0.2, 0.25) is 0 Å². The van der Waals surface area contributed by atoms with Crippen LogP contribution in [0, 0.1) is 0 Å². The largest absolute Gasteiger partial charge is 0.388 e. The molecule has 1 aliphatic rings. The number of hydrogen-bond acceptors (Lipinski definition) is 3. The second-order valence-electron chi connectivity index (χ2n) is 2.17. The molecule has 3 heteroatoms. The minimum Gasteiger partial charge on any atom is -0.388 e. The Bertz CT molecular complexity index is 222. The van der Waals surface area contributed by atoms with Crippen molar-refractivity contribution in [1.29, 1.82) is 0 Å². The molecule has 0 amide bonds. The fraction of sp³-hybridized carbons (Fsp3) is 0.286. The van der Waals surface area contributed by atoms with E-state index in [4.69, 9.17) is 4.84 Å². The first kappa shape index (κ1) is 5.92. The summed E-state index contributed by atoms with van der Waals surface area (Å²) < 4.78 is 0. The quantitative estimate of drug-likeness (QED) is 0.606. The molecule has 1 aromatic heterocycles. The Hall–Kier alpha value is -0.830. The van der Waals surface area contributed by atoms with Crippen LogP contribution in [-0.4, -0.2) is 6.21 Å². The highest BCUT2D eigenvalue weighted by Crippen LogP contribution is 2.25. The first-order valence-electron chi connectivity index (χ1n) is 3.16. The Kier molecular flexibility index (Phi) is 1.43. The second kappa shape index (κ2) is 2.42. The van der Waals surface area contributed by atoms with E-state index < -0.39 is 0 Å². The van der Waals surface area contributed by atoms with Crippen molar-refractivity contribution in [1.82, 2.24) is 0 Å². The fourth-order valence-electron chi connectivity index (χ4n) is 0.953. The summed E-state index contributed by atoms with van der Waals surface area (Å²) >= 11 is 1.69. The van der Waals surface area contributed by atoms with Crippen LogP contribution in [0.25, 0.3) is 0 Å². The summed E-state index contributed by atoms with van der Waals surface area (Å²) in [5.74, 6) is 0. The van der Waals surface area contributed by atoms with E-state index in [0.29, 0.717) is 0 Å². The van der Waals surface area contributed by atoms with Gasteiger partial charge in [0.15, 0.2) is 6.10 Å². The van der Waals surface area contributed by atoms with Crippen LogP contribution in [0.2, 0.25) is 0 Å². The van der Waals surface area contributed by atoms with Crippen LogP contribution < -0.4 is 0 Å². The Labute approximate surface area is 63.1 Å². The molecule has 0 N–H and O–H groups in total. The van der Waals surface area contributed by atoms with Crippen molar-refractivity contribution >= 4 is 17.6 Å². The lowest BCUT2D eigenvalue weighted by molar-refractivity contribution is 0.0861. The van der Waals surface area contributed by atoms with E-state index in [2.05, 4.69) is 22.0 Å². The van der Waals surface area contributed by atoms with Crippen LogP contribution in [0.5, 0.6) is 0 Å². The number of rotatable bonds is 1. The molecule has 0 radical (unpaired) electrons. The highest BCUT2D eigenvalue weighted by molar-refractivity contribution is 7.07. The Balaban J connectivity index is 2.14. The third-order valence-corrected chi connectivity index (χ3v) is 2.20. The van der Waals surface area contributed by atoms with Crippen LogP contribution in [0.4, 0.5) is 0 Å². The standard InChI is InChI=1S/C7H7NOS/c1-3-8-9-7(1)6-2-4-10-5-6/h2-5,7H,1H2. The van der Waals surface area contributed by atoms with E-state index >= 15 is 0 Å². The normalized spacial score (nSPS) is 23.0. The zero-order valence-electron chi connectivity index (χ0n) is 5.36. The van der Waals surface area contributed by atoms with Gasteiger partial charge in [0.1, 0.15) is 0 Å². The molecule has 1 unspecified atom stereocenters. The first-order chi connectivity index (χ1) is 4.97. The van der Waals surface area contributed by atoms with E-state index in [9.17, 15) is 0 Å². The Morgan fingerprint density at radius 3 is 3.30 bits per heavy atom. The van der Waals surface area contributed by atoms with Crippen LogP contribution in [0.3, 0.4) is 0 Å². The monoisotopic (exact) mass is 153 g/mol. The van der Waals surface area contributed by atoms with Gasteiger partial charge in [-0.2, -0.15) is 11.3 Å². The summed E-state index contributed by atoms with van der Waals surface area (Å²) in [6, 6.07) is 2.07. The van der Waals surface area contributed by atoms with Crippen molar-refractivity contribution in [3.8, 4) is 0 Å². The van der Waals surface area contributed by atoms with Gasteiger partial charge in [0.05, 0.1) is 0 Å². The lowest BCUT2D eigenvalue weighted by Gasteiger charge is -2.03. The molecular weight excluding hydrogens is 146 g/mol. The van der Waals surface area contributed by atoms with Crippen molar-refractivity contribution in [3.63, 3.8) is 0 Å². The van der Waals surface area contributed by atoms with E-state index in [1.807, 2.05) is 6.21 Å². The van der Waals surface area contributed by atoms with E-state index in [0.717, 1.165) is 6.42 Å². The van der Waals surface area contributed by atoms with Crippen LogP contribution in [0.15, 0.2) is 22.0 Å². The van der Waals surface area contributed by atoms with E-state index in [-0.39, 0.29) is 6.10 Å². The zero-order chi connectivity index (χ0) is 6.81. The Morgan fingerprint density at radius 1 is 1.70 bits per heavy atom. The molecule has 2 rings (SSSR count). The van der Waals surface area contributed by atoms with Gasteiger partial charge < -0.3 is 4.84 Å². The van der Waals surface area contributed by atoms with Gasteiger partial charge in [-0.3, -0.25) is 0 Å². The smallest absolute Gasteiger partial charge is 0.158 e. The second-order valence-corrected chi connectivity index (χ2v) is 2.95. The number of nitrogens with zero attached hydrogens (tertiary/aromatic N) is 1. The molecule has 1 aromatic rings. The molecule has 10 heavy (non-hydrogen) atoms. The van der Waals surface area contributed by atoms with Crippen molar-refractivity contribution < 1.29 is 4.84 Å². The molecule has 0 saturated heterocycles.